The standard InChI is InChI=1S/C13H13Cl2N3/c14-8-1-4-12(15)11(5-8)13-6-10(17-18-13)7-16-9-2-3-9/h1,4-6,9,16H,2-3,7H2,(H,17,18). The maximum absolute atomic E-state index is 6.15. The summed E-state index contributed by atoms with van der Waals surface area (Å²) < 4.78 is 0. The Balaban J connectivity index is 1.80. The molecular weight excluding hydrogens is 269 g/mol. The number of aromatic amines is 1. The van der Waals surface area contributed by atoms with E-state index in [1.807, 2.05) is 12.1 Å². The second-order valence-corrected chi connectivity index (χ2v) is 5.40. The molecule has 5 heteroatoms. The first-order chi connectivity index (χ1) is 8.72. The first-order valence-corrected chi connectivity index (χ1v) is 6.71. The van der Waals surface area contributed by atoms with E-state index in [0.29, 0.717) is 16.1 Å². The summed E-state index contributed by atoms with van der Waals surface area (Å²) in [5, 5.41) is 12.1. The zero-order valence-electron chi connectivity index (χ0n) is 9.71. The number of aromatic nitrogens is 2. The summed E-state index contributed by atoms with van der Waals surface area (Å²) in [5.74, 6) is 0. The van der Waals surface area contributed by atoms with Crippen molar-refractivity contribution in [3.63, 3.8) is 0 Å². The fraction of sp³-hybridized carbons (Fsp3) is 0.308. The van der Waals surface area contributed by atoms with Crippen molar-refractivity contribution in [2.24, 2.45) is 0 Å². The summed E-state index contributed by atoms with van der Waals surface area (Å²) in [6.45, 7) is 0.815. The molecule has 94 valence electrons. The van der Waals surface area contributed by atoms with Crippen LogP contribution in [0.2, 0.25) is 10.0 Å². The molecule has 1 aliphatic rings. The van der Waals surface area contributed by atoms with E-state index < -0.39 is 0 Å². The molecule has 1 saturated carbocycles. The van der Waals surface area contributed by atoms with Crippen LogP contribution in [-0.2, 0) is 6.54 Å². The van der Waals surface area contributed by atoms with Gasteiger partial charge < -0.3 is 5.32 Å². The lowest BCUT2D eigenvalue weighted by atomic mass is 10.1. The Bertz CT molecular complexity index is 561. The summed E-state index contributed by atoms with van der Waals surface area (Å²) in [4.78, 5) is 0. The number of H-pyrrole nitrogens is 1. The lowest BCUT2D eigenvalue weighted by molar-refractivity contribution is 0.672. The Morgan fingerprint density at radius 3 is 2.89 bits per heavy atom. The van der Waals surface area contributed by atoms with Gasteiger partial charge >= 0.3 is 0 Å². The van der Waals surface area contributed by atoms with E-state index in [9.17, 15) is 0 Å². The Morgan fingerprint density at radius 2 is 2.11 bits per heavy atom. The smallest absolute Gasteiger partial charge is 0.0939 e. The molecule has 0 unspecified atom stereocenters. The minimum atomic E-state index is 0.660. The van der Waals surface area contributed by atoms with Gasteiger partial charge in [0, 0.05) is 28.9 Å². The number of rotatable bonds is 4. The minimum Gasteiger partial charge on any atom is -0.308 e. The van der Waals surface area contributed by atoms with Gasteiger partial charge in [-0.3, -0.25) is 5.10 Å². The van der Waals surface area contributed by atoms with Gasteiger partial charge in [0.15, 0.2) is 0 Å². The SMILES string of the molecule is Clc1ccc(Cl)c(-c2cc(CNC3CC3)[nH]n2)c1. The lowest BCUT2D eigenvalue weighted by Crippen LogP contribution is -2.15. The topological polar surface area (TPSA) is 40.7 Å². The second kappa shape index (κ2) is 4.92. The third-order valence-electron chi connectivity index (χ3n) is 2.99. The Labute approximate surface area is 115 Å². The average molecular weight is 282 g/mol. The molecule has 0 saturated heterocycles. The summed E-state index contributed by atoms with van der Waals surface area (Å²) in [5.41, 5.74) is 2.75. The highest BCUT2D eigenvalue weighted by Gasteiger charge is 2.20. The van der Waals surface area contributed by atoms with Crippen LogP contribution in [0.15, 0.2) is 24.3 Å². The average Bonchev–Trinajstić information content (AvgIpc) is 3.08. The van der Waals surface area contributed by atoms with Gasteiger partial charge in [-0.05, 0) is 37.1 Å². The molecule has 3 rings (SSSR count). The Hall–Kier alpha value is -1.03. The van der Waals surface area contributed by atoms with E-state index in [1.54, 1.807) is 12.1 Å². The molecule has 0 spiro atoms. The van der Waals surface area contributed by atoms with Crippen LogP contribution in [-0.4, -0.2) is 16.2 Å². The van der Waals surface area contributed by atoms with E-state index >= 15 is 0 Å². The van der Waals surface area contributed by atoms with E-state index in [4.69, 9.17) is 23.2 Å². The number of hydrogen-bond acceptors (Lipinski definition) is 2. The Kier molecular flexibility index (Phi) is 3.29. The molecule has 1 fully saturated rings. The zero-order chi connectivity index (χ0) is 12.5. The predicted molar refractivity (Wildman–Crippen MR) is 73.9 cm³/mol. The molecule has 2 N–H and O–H groups in total. The van der Waals surface area contributed by atoms with Gasteiger partial charge in [-0.1, -0.05) is 23.2 Å². The van der Waals surface area contributed by atoms with Crippen molar-refractivity contribution in [2.75, 3.05) is 0 Å². The van der Waals surface area contributed by atoms with Crippen LogP contribution in [0.5, 0.6) is 0 Å². The van der Waals surface area contributed by atoms with Crippen LogP contribution in [0.4, 0.5) is 0 Å². The lowest BCUT2D eigenvalue weighted by Gasteiger charge is -2.00. The van der Waals surface area contributed by atoms with Crippen LogP contribution in [0, 0.1) is 0 Å². The van der Waals surface area contributed by atoms with Crippen molar-refractivity contribution in [1.82, 2.24) is 15.5 Å². The largest absolute Gasteiger partial charge is 0.308 e. The van der Waals surface area contributed by atoms with Crippen LogP contribution in [0.1, 0.15) is 18.5 Å². The quantitative estimate of drug-likeness (QED) is 0.899. The summed E-state index contributed by atoms with van der Waals surface area (Å²) >= 11 is 12.1. The maximum Gasteiger partial charge on any atom is 0.0939 e. The van der Waals surface area contributed by atoms with Crippen molar-refractivity contribution in [1.29, 1.82) is 0 Å². The molecule has 0 amide bonds. The molecular formula is C13H13Cl2N3. The maximum atomic E-state index is 6.15. The van der Waals surface area contributed by atoms with E-state index in [-0.39, 0.29) is 0 Å². The molecule has 1 aromatic heterocycles. The molecule has 18 heavy (non-hydrogen) atoms. The Morgan fingerprint density at radius 1 is 1.28 bits per heavy atom. The summed E-state index contributed by atoms with van der Waals surface area (Å²) in [6.07, 6.45) is 2.56. The van der Waals surface area contributed by atoms with Gasteiger partial charge in [0.25, 0.3) is 0 Å². The zero-order valence-corrected chi connectivity index (χ0v) is 11.2. The van der Waals surface area contributed by atoms with Crippen LogP contribution < -0.4 is 5.32 Å². The van der Waals surface area contributed by atoms with Crippen LogP contribution in [0.3, 0.4) is 0 Å². The molecule has 0 atom stereocenters. The number of benzene rings is 1. The molecule has 1 aromatic carbocycles. The van der Waals surface area contributed by atoms with Gasteiger partial charge in [-0.25, -0.2) is 0 Å². The van der Waals surface area contributed by atoms with Gasteiger partial charge in [-0.2, -0.15) is 5.10 Å². The monoisotopic (exact) mass is 281 g/mol. The van der Waals surface area contributed by atoms with Gasteiger partial charge in [0.05, 0.1) is 10.7 Å². The van der Waals surface area contributed by atoms with Crippen molar-refractivity contribution in [3.8, 4) is 11.3 Å². The van der Waals surface area contributed by atoms with Crippen LogP contribution >= 0.6 is 23.2 Å². The van der Waals surface area contributed by atoms with Crippen molar-refractivity contribution in [3.05, 3.63) is 40.0 Å². The number of halogens is 2. The van der Waals surface area contributed by atoms with Gasteiger partial charge in [0.1, 0.15) is 0 Å². The number of hydrogen-bond donors (Lipinski definition) is 2. The van der Waals surface area contributed by atoms with Crippen LogP contribution in [0.25, 0.3) is 11.3 Å². The first-order valence-electron chi connectivity index (χ1n) is 5.95. The second-order valence-electron chi connectivity index (χ2n) is 4.56. The molecule has 1 heterocycles. The highest BCUT2D eigenvalue weighted by Crippen LogP contribution is 2.29. The fourth-order valence-corrected chi connectivity index (χ4v) is 2.21. The molecule has 0 radical (unpaired) electrons. The highest BCUT2D eigenvalue weighted by molar-refractivity contribution is 6.35. The minimum absolute atomic E-state index is 0.660. The van der Waals surface area contributed by atoms with Crippen molar-refractivity contribution in [2.45, 2.75) is 25.4 Å². The molecule has 2 aromatic rings. The van der Waals surface area contributed by atoms with Gasteiger partial charge in [0.2, 0.25) is 0 Å². The normalized spacial score (nSPS) is 15.0. The van der Waals surface area contributed by atoms with Crippen molar-refractivity contribution >= 4 is 23.2 Å². The summed E-state index contributed by atoms with van der Waals surface area (Å²) in [6, 6.07) is 8.09. The van der Waals surface area contributed by atoms with Crippen molar-refractivity contribution < 1.29 is 0 Å². The molecule has 1 aliphatic carbocycles. The predicted octanol–water partition coefficient (Wildman–Crippen LogP) is 3.64. The van der Waals surface area contributed by atoms with E-state index in [2.05, 4.69) is 15.5 Å². The number of nitrogens with one attached hydrogen (secondary N) is 2. The summed E-state index contributed by atoms with van der Waals surface area (Å²) in [7, 11) is 0. The fourth-order valence-electron chi connectivity index (χ4n) is 1.83. The highest BCUT2D eigenvalue weighted by atomic mass is 35.5. The van der Waals surface area contributed by atoms with Gasteiger partial charge in [-0.15, -0.1) is 0 Å². The molecule has 0 bridgehead atoms. The third-order valence-corrected chi connectivity index (χ3v) is 3.56. The molecule has 3 nitrogen and oxygen atoms in total. The molecule has 0 aliphatic heterocycles. The van der Waals surface area contributed by atoms with E-state index in [1.165, 1.54) is 12.8 Å². The van der Waals surface area contributed by atoms with E-state index in [0.717, 1.165) is 23.5 Å². The third kappa shape index (κ3) is 2.69. The first kappa shape index (κ1) is 12.0. The number of nitrogens with zero attached hydrogens (tertiary/aromatic N) is 1.